The summed E-state index contributed by atoms with van der Waals surface area (Å²) in [6.07, 6.45) is 5.53. The van der Waals surface area contributed by atoms with Gasteiger partial charge >= 0.3 is 0 Å². The molecule has 0 atom stereocenters. The first kappa shape index (κ1) is 66.2. The Kier molecular flexibility index (Phi) is 21.0. The van der Waals surface area contributed by atoms with Crippen LogP contribution >= 0.6 is 23.2 Å². The van der Waals surface area contributed by atoms with Gasteiger partial charge in [0.1, 0.15) is 45.0 Å². The molecule has 6 heterocycles. The zero-order valence-corrected chi connectivity index (χ0v) is 54.1. The van der Waals surface area contributed by atoms with Gasteiger partial charge in [0.05, 0.1) is 11.7 Å². The molecular formula is C70H74Cl2MnN10O4. The molecule has 1 aliphatic heterocycles. The molecule has 4 aromatic carbocycles. The molecule has 0 saturated heterocycles. The van der Waals surface area contributed by atoms with Crippen LogP contribution in [0.1, 0.15) is 158 Å². The molecular weight excluding hydrogens is 1170 g/mol. The largest absolute Gasteiger partial charge is 0.628 e. The molecule has 1 radical (unpaired) electrons. The number of alkyl halides is 2. The third-order valence-corrected chi connectivity index (χ3v) is 14.0. The van der Waals surface area contributed by atoms with E-state index in [0.717, 1.165) is 6.54 Å². The van der Waals surface area contributed by atoms with Crippen LogP contribution in [0.3, 0.4) is 0 Å². The van der Waals surface area contributed by atoms with E-state index in [9.17, 15) is 19.2 Å². The Morgan fingerprint density at radius 3 is 0.770 bits per heavy atom. The molecule has 8 bridgehead atoms. The van der Waals surface area contributed by atoms with Crippen LogP contribution in [0.15, 0.2) is 164 Å². The summed E-state index contributed by atoms with van der Waals surface area (Å²) < 4.78 is 2.01. The van der Waals surface area contributed by atoms with E-state index in [1.165, 1.54) is 0 Å². The zero-order valence-electron chi connectivity index (χ0n) is 51.5. The zero-order chi connectivity index (χ0) is 62.3. The van der Waals surface area contributed by atoms with E-state index < -0.39 is 21.7 Å². The Hall–Kier alpha value is -8.33. The van der Waals surface area contributed by atoms with Crippen molar-refractivity contribution in [2.75, 3.05) is 26.6 Å². The number of para-hydroxylation sites is 4. The van der Waals surface area contributed by atoms with E-state index >= 15 is 0 Å². The van der Waals surface area contributed by atoms with Crippen molar-refractivity contribution in [3.8, 4) is 0 Å². The van der Waals surface area contributed by atoms with Crippen LogP contribution in [-0.4, -0.2) is 38.5 Å². The smallest absolute Gasteiger partial charge is 0.236 e. The fourth-order valence-corrected chi connectivity index (χ4v) is 9.14. The van der Waals surface area contributed by atoms with Crippen molar-refractivity contribution >= 4 is 69.6 Å². The monoisotopic (exact) mass is 1240 g/mol. The number of carbonyl (C=O) groups excluding carboxylic acids is 4. The number of imidazole rings is 1. The van der Waals surface area contributed by atoms with Crippen molar-refractivity contribution in [2.24, 2.45) is 21.7 Å². The maximum absolute atomic E-state index is 13.8. The van der Waals surface area contributed by atoms with Gasteiger partial charge in [0.15, 0.2) is 0 Å². The third-order valence-electron chi connectivity index (χ3n) is 14.0. The summed E-state index contributed by atoms with van der Waals surface area (Å²) >= 11 is 9.53. The molecule has 449 valence electrons. The second-order valence-electron chi connectivity index (χ2n) is 24.9. The van der Waals surface area contributed by atoms with Gasteiger partial charge in [0.25, 0.3) is 0 Å². The van der Waals surface area contributed by atoms with Gasteiger partial charge in [0.2, 0.25) is 23.6 Å². The molecule has 87 heavy (non-hydrogen) atoms. The van der Waals surface area contributed by atoms with Crippen molar-refractivity contribution in [1.29, 1.82) is 0 Å². The van der Waals surface area contributed by atoms with Gasteiger partial charge < -0.3 is 24.5 Å². The average Bonchev–Trinajstić information content (AvgIpc) is 3.78. The fourth-order valence-electron chi connectivity index (χ4n) is 9.14. The summed E-state index contributed by atoms with van der Waals surface area (Å²) in [6.45, 7) is 25.5. The second-order valence-corrected chi connectivity index (χ2v) is 25.7. The third kappa shape index (κ3) is 15.6. The molecule has 10 rings (SSSR count). The first-order chi connectivity index (χ1) is 40.7. The summed E-state index contributed by atoms with van der Waals surface area (Å²) in [5, 5.41) is 13.0. The van der Waals surface area contributed by atoms with Crippen LogP contribution in [0.5, 0.6) is 0 Å². The van der Waals surface area contributed by atoms with Crippen molar-refractivity contribution in [3.63, 3.8) is 0 Å². The Labute approximate surface area is 532 Å². The van der Waals surface area contributed by atoms with Gasteiger partial charge in [-0.2, -0.15) is 0 Å². The number of hydrogen-bond acceptors (Lipinski definition) is 5. The van der Waals surface area contributed by atoms with Crippen molar-refractivity contribution in [1.82, 2.24) is 29.5 Å². The van der Waals surface area contributed by atoms with Gasteiger partial charge in [-0.05, 0) is 125 Å². The maximum Gasteiger partial charge on any atom is 0.236 e. The van der Waals surface area contributed by atoms with Crippen LogP contribution in [0, 0.1) is 45.3 Å². The van der Waals surface area contributed by atoms with Crippen LogP contribution in [0.25, 0.3) is 0 Å². The van der Waals surface area contributed by atoms with Gasteiger partial charge in [0, 0.05) is 154 Å². The van der Waals surface area contributed by atoms with Crippen LogP contribution in [-0.2, 0) is 42.8 Å². The first-order valence-electron chi connectivity index (χ1n) is 28.5. The average molecular weight is 1250 g/mol. The number of hydrogen-bond donors (Lipinski definition) is 4. The molecule has 17 heteroatoms. The van der Waals surface area contributed by atoms with Crippen molar-refractivity contribution in [3.05, 3.63) is 256 Å². The molecule has 9 aromatic rings. The number of amides is 4. The topological polar surface area (TPSA) is 191 Å². The van der Waals surface area contributed by atoms with E-state index in [1.807, 2.05) is 239 Å². The number of nitrogens with one attached hydrogen (secondary N) is 4. The Morgan fingerprint density at radius 2 is 0.609 bits per heavy atom. The van der Waals surface area contributed by atoms with Crippen LogP contribution in [0.2, 0.25) is 0 Å². The minimum atomic E-state index is -0.703. The number of anilines is 4. The molecule has 0 saturated carbocycles. The number of aryl methyl sites for hydroxylation is 1. The number of rotatable bonds is 9. The standard InChI is InChI=1S/C64H64N8O4.C5H8N2.CH2Cl2.Mn/c1-61(2,3)57(73)69-41-25-17-13-21-37(41)53-45-29-31-47(65-45)54(38-22-14-18-26-42(38)70-58(74)62(4,5)6)49-33-35-51(67-49)56(40-24-16-20-28-44(40)72-60(76)64(10,11)12)52-36-34-50(68-52)55(48-32-30-46(53)66-48)39-23-15-19-27-43(39)71-59(75)63(7,8)9;1-2-7-4-3-6-5-7;2-1-3;/h13-36H,1-12H3,(H,69,73)(H,70,74)(H,71,75)(H,72,76);3-5H,2H2,1H3;1H2;. The molecule has 14 nitrogen and oxygen atoms in total. The van der Waals surface area contributed by atoms with Crippen LogP contribution < -0.4 is 41.2 Å². The molecule has 1 aliphatic rings. The Balaban J connectivity index is 0.000000901. The van der Waals surface area contributed by atoms with E-state index in [1.54, 1.807) is 12.5 Å². The summed E-state index contributed by atoms with van der Waals surface area (Å²) in [7, 11) is 0. The number of fused-ring (bicyclic) bond motifs is 8. The van der Waals surface area contributed by atoms with Gasteiger partial charge in [-0.1, -0.05) is 83.1 Å². The predicted molar refractivity (Wildman–Crippen MR) is 344 cm³/mol. The quantitative estimate of drug-likeness (QED) is 0.0619. The number of carbonyl (C=O) groups is 4. The normalized spacial score (nSPS) is 12.4. The molecule has 5 aromatic heterocycles. The predicted octanol–water partition coefficient (Wildman–Crippen LogP) is 14.2. The first-order valence-corrected chi connectivity index (χ1v) is 29.6. The van der Waals surface area contributed by atoms with Crippen LogP contribution in [0.4, 0.5) is 22.7 Å². The molecule has 0 unspecified atom stereocenters. The number of benzene rings is 4. The molecule has 0 fully saturated rings. The van der Waals surface area contributed by atoms with Crippen molar-refractivity contribution in [2.45, 2.75) is 96.6 Å². The SMILES string of the molecule is CC(C)(C)C(=O)Nc1ccccc1[C+]1c2ccc([n-]2)[C+](c2ccccc2NC(=O)C(C)(C)C)c2ccc([n-]2)[C+](c2ccccc2NC(=O)C(C)(C)C)c2ccc([n-]2)[C+](c2ccccc2NC(=O)C(C)(C)C)c2ccc1[n-]2.CCn1ccnc1.ClCCl.[Mn]. The summed E-state index contributed by atoms with van der Waals surface area (Å²) in [6, 6.07) is 46.1. The van der Waals surface area contributed by atoms with Crippen molar-refractivity contribution < 1.29 is 36.2 Å². The van der Waals surface area contributed by atoms with Gasteiger partial charge in [-0.15, -0.1) is 23.2 Å². The van der Waals surface area contributed by atoms with Gasteiger partial charge in [-0.25, -0.2) is 4.98 Å². The summed E-state index contributed by atoms with van der Waals surface area (Å²) in [5.41, 5.74) is 6.75. The Bertz CT molecular complexity index is 3260. The molecule has 0 spiro atoms. The molecule has 0 aliphatic carbocycles. The fraction of sp³-hybridized carbons (Fsp3) is 0.271. The van der Waals surface area contributed by atoms with E-state index in [0.29, 0.717) is 114 Å². The van der Waals surface area contributed by atoms with E-state index in [4.69, 9.17) is 43.1 Å². The maximum atomic E-state index is 13.8. The van der Waals surface area contributed by atoms with E-state index in [-0.39, 0.29) is 46.0 Å². The number of nitrogens with zero attached hydrogens (tertiary/aromatic N) is 6. The minimum absolute atomic E-state index is 0. The second kappa shape index (κ2) is 27.6. The summed E-state index contributed by atoms with van der Waals surface area (Å²) in [4.78, 5) is 80.9. The van der Waals surface area contributed by atoms with E-state index in [2.05, 4.69) is 33.2 Å². The number of halogens is 2. The molecule has 4 N–H and O–H groups in total. The number of aromatic nitrogens is 6. The summed E-state index contributed by atoms with van der Waals surface area (Å²) in [5.74, 6) is 1.93. The molecule has 4 amide bonds. The Morgan fingerprint density at radius 1 is 0.402 bits per heavy atom. The minimum Gasteiger partial charge on any atom is -0.628 e. The van der Waals surface area contributed by atoms with Gasteiger partial charge in [-0.3, -0.25) is 40.4 Å².